The zero-order chi connectivity index (χ0) is 9.14. The first-order valence-corrected chi connectivity index (χ1v) is 4.19. The number of nitrogens with one attached hydrogen (secondary N) is 1. The highest BCUT2D eigenvalue weighted by atomic mass is 16.2. The van der Waals surface area contributed by atoms with E-state index >= 15 is 0 Å². The molecule has 0 aliphatic rings. The molecule has 0 saturated carbocycles. The molecule has 0 heterocycles. The molecule has 1 aromatic carbocycles. The van der Waals surface area contributed by atoms with Gasteiger partial charge in [0.2, 0.25) is 10.9 Å². The minimum absolute atomic E-state index is 0.377. The molecule has 1 N–H and O–H groups in total. The van der Waals surface area contributed by atoms with E-state index in [0.29, 0.717) is 11.6 Å². The number of hydrogen-bond donors (Lipinski definition) is 1. The Bertz CT molecular complexity index is 323. The Labute approximate surface area is 71.1 Å². The Kier molecular flexibility index (Phi) is 2.63. The van der Waals surface area contributed by atoms with Crippen molar-refractivity contribution in [3.8, 4) is 0 Å². The third kappa shape index (κ3) is 1.72. The topological polar surface area (TPSA) is 46.2 Å². The van der Waals surface area contributed by atoms with Crippen molar-refractivity contribution < 1.29 is 0 Å². The van der Waals surface area contributed by atoms with Crippen LogP contribution in [0.25, 0.3) is 0 Å². The van der Waals surface area contributed by atoms with E-state index in [1.807, 2.05) is 0 Å². The lowest BCUT2D eigenvalue weighted by atomic mass is 10.1. The Hall–Kier alpha value is -1.12. The summed E-state index contributed by atoms with van der Waals surface area (Å²) in [5.74, 6) is 0.536. The van der Waals surface area contributed by atoms with Gasteiger partial charge in [0, 0.05) is 12.6 Å². The minimum atomic E-state index is -0.387. The number of anilines is 1. The second-order valence-corrected chi connectivity index (χ2v) is 3.15. The van der Waals surface area contributed by atoms with Gasteiger partial charge in [0.25, 0.3) is 0 Å². The molecule has 0 aliphatic heterocycles. The molecule has 1 rings (SSSR count). The van der Waals surface area contributed by atoms with E-state index in [0.717, 1.165) is 13.0 Å². The van der Waals surface area contributed by atoms with Crippen LogP contribution in [0.15, 0.2) is 15.7 Å². The highest BCUT2D eigenvalue weighted by Gasteiger charge is 2.08. The van der Waals surface area contributed by atoms with Gasteiger partial charge in [-0.1, -0.05) is 20.3 Å². The van der Waals surface area contributed by atoms with Gasteiger partial charge in [0.15, 0.2) is 0 Å². The van der Waals surface area contributed by atoms with Gasteiger partial charge >= 0.3 is 0 Å². The van der Waals surface area contributed by atoms with Gasteiger partial charge in [-0.3, -0.25) is 9.59 Å². The number of rotatable bonds is 4. The van der Waals surface area contributed by atoms with Crippen LogP contribution in [0.2, 0.25) is 0 Å². The van der Waals surface area contributed by atoms with Crippen LogP contribution in [0.3, 0.4) is 0 Å². The van der Waals surface area contributed by atoms with E-state index in [1.54, 1.807) is 0 Å². The molecule has 1 atom stereocenters. The quantitative estimate of drug-likeness (QED) is 0.673. The van der Waals surface area contributed by atoms with Crippen molar-refractivity contribution in [2.75, 3.05) is 11.9 Å². The molecule has 12 heavy (non-hydrogen) atoms. The summed E-state index contributed by atoms with van der Waals surface area (Å²) in [6, 6.07) is 1.35. The molecule has 0 aliphatic carbocycles. The van der Waals surface area contributed by atoms with E-state index in [-0.39, 0.29) is 10.9 Å². The zero-order valence-electron chi connectivity index (χ0n) is 7.39. The largest absolute Gasteiger partial charge is 0.381 e. The fraction of sp³-hybridized carbons (Fsp3) is 0.556. The summed E-state index contributed by atoms with van der Waals surface area (Å²) >= 11 is 0. The highest BCUT2D eigenvalue weighted by Crippen LogP contribution is 2.02. The van der Waals surface area contributed by atoms with E-state index < -0.39 is 0 Å². The summed E-state index contributed by atoms with van der Waals surface area (Å²) < 4.78 is 0. The van der Waals surface area contributed by atoms with Crippen LogP contribution in [0.4, 0.5) is 5.69 Å². The molecule has 66 valence electrons. The molecule has 1 aromatic rings. The van der Waals surface area contributed by atoms with Crippen molar-refractivity contribution in [2.45, 2.75) is 20.3 Å². The van der Waals surface area contributed by atoms with Crippen LogP contribution in [0, 0.1) is 5.92 Å². The standard InChI is InChI=1S/C9H13NO2/c1-3-6(2)5-10-7-4-8(11)9(7)12/h4,6,10H,3,5H2,1-2H3/t6-/m0/s1. The molecule has 3 heteroatoms. The van der Waals surface area contributed by atoms with Crippen LogP contribution >= 0.6 is 0 Å². The monoisotopic (exact) mass is 167 g/mol. The molecule has 0 bridgehead atoms. The van der Waals surface area contributed by atoms with Crippen LogP contribution in [-0.2, 0) is 0 Å². The van der Waals surface area contributed by atoms with E-state index in [2.05, 4.69) is 19.2 Å². The van der Waals surface area contributed by atoms with Gasteiger partial charge in [-0.25, -0.2) is 0 Å². The van der Waals surface area contributed by atoms with Crippen LogP contribution < -0.4 is 16.2 Å². The van der Waals surface area contributed by atoms with Crippen LogP contribution in [0.1, 0.15) is 20.3 Å². The predicted octanol–water partition coefficient (Wildman–Crippen LogP) is 0.741. The SMILES string of the molecule is CC[C@H](C)CNc1cc(=O)c1=O. The summed E-state index contributed by atoms with van der Waals surface area (Å²) in [5.41, 5.74) is -0.291. The third-order valence-electron chi connectivity index (χ3n) is 2.08. The minimum Gasteiger partial charge on any atom is -0.381 e. The van der Waals surface area contributed by atoms with Gasteiger partial charge < -0.3 is 5.32 Å². The molecular weight excluding hydrogens is 154 g/mol. The second-order valence-electron chi connectivity index (χ2n) is 3.15. The molecule has 0 spiro atoms. The summed E-state index contributed by atoms with van der Waals surface area (Å²) in [6.07, 6.45) is 1.07. The van der Waals surface area contributed by atoms with Crippen LogP contribution in [0.5, 0.6) is 0 Å². The van der Waals surface area contributed by atoms with Crippen molar-refractivity contribution >= 4 is 5.69 Å². The van der Waals surface area contributed by atoms with Gasteiger partial charge in [0.1, 0.15) is 0 Å². The molecule has 0 fully saturated rings. The Morgan fingerprint density at radius 1 is 1.50 bits per heavy atom. The first-order valence-electron chi connectivity index (χ1n) is 4.19. The average molecular weight is 167 g/mol. The summed E-state index contributed by atoms with van der Waals surface area (Å²) in [6.45, 7) is 4.95. The highest BCUT2D eigenvalue weighted by molar-refractivity contribution is 5.47. The van der Waals surface area contributed by atoms with E-state index in [9.17, 15) is 9.59 Å². The van der Waals surface area contributed by atoms with Crippen molar-refractivity contribution in [2.24, 2.45) is 5.92 Å². The lowest BCUT2D eigenvalue weighted by Crippen LogP contribution is -2.33. The summed E-state index contributed by atoms with van der Waals surface area (Å²) in [7, 11) is 0. The predicted molar refractivity (Wildman–Crippen MR) is 49.3 cm³/mol. The Morgan fingerprint density at radius 2 is 2.17 bits per heavy atom. The maximum absolute atomic E-state index is 10.8. The second kappa shape index (κ2) is 3.52. The van der Waals surface area contributed by atoms with Crippen molar-refractivity contribution in [3.63, 3.8) is 0 Å². The van der Waals surface area contributed by atoms with E-state index in [4.69, 9.17) is 0 Å². The fourth-order valence-electron chi connectivity index (χ4n) is 0.877. The molecule has 0 amide bonds. The maximum atomic E-state index is 10.8. The van der Waals surface area contributed by atoms with Gasteiger partial charge in [-0.05, 0) is 5.92 Å². The van der Waals surface area contributed by atoms with Crippen molar-refractivity contribution in [3.05, 3.63) is 26.5 Å². The molecule has 0 unspecified atom stereocenters. The molecule has 0 saturated heterocycles. The smallest absolute Gasteiger partial charge is 0.248 e. The van der Waals surface area contributed by atoms with Crippen molar-refractivity contribution in [1.82, 2.24) is 0 Å². The van der Waals surface area contributed by atoms with Crippen molar-refractivity contribution in [1.29, 1.82) is 0 Å². The Balaban J connectivity index is 2.41. The number of hydrogen-bond acceptors (Lipinski definition) is 3. The molecule has 0 aromatic heterocycles. The Morgan fingerprint density at radius 3 is 2.58 bits per heavy atom. The molecular formula is C9H13NO2. The molecule has 0 radical (unpaired) electrons. The first kappa shape index (κ1) is 8.97. The fourth-order valence-corrected chi connectivity index (χ4v) is 0.877. The lowest BCUT2D eigenvalue weighted by molar-refractivity contribution is 0.593. The summed E-state index contributed by atoms with van der Waals surface area (Å²) in [5, 5.41) is 2.94. The van der Waals surface area contributed by atoms with Gasteiger partial charge in [-0.15, -0.1) is 0 Å². The first-order chi connectivity index (χ1) is 5.65. The van der Waals surface area contributed by atoms with Gasteiger partial charge in [-0.2, -0.15) is 0 Å². The third-order valence-corrected chi connectivity index (χ3v) is 2.08. The average Bonchev–Trinajstić information content (AvgIpc) is 2.10. The summed E-state index contributed by atoms with van der Waals surface area (Å²) in [4.78, 5) is 21.3. The normalized spacial score (nSPS) is 13.2. The lowest BCUT2D eigenvalue weighted by Gasteiger charge is -2.10. The maximum Gasteiger partial charge on any atom is 0.248 e. The molecule has 3 nitrogen and oxygen atoms in total. The zero-order valence-corrected chi connectivity index (χ0v) is 7.39. The van der Waals surface area contributed by atoms with E-state index in [1.165, 1.54) is 6.07 Å². The van der Waals surface area contributed by atoms with Crippen LogP contribution in [-0.4, -0.2) is 6.54 Å². The van der Waals surface area contributed by atoms with Gasteiger partial charge in [0.05, 0.1) is 5.69 Å².